The minimum absolute atomic E-state index is 0.0511. The van der Waals surface area contributed by atoms with Crippen LogP contribution in [0.3, 0.4) is 0 Å². The molecule has 10 heteroatoms. The maximum absolute atomic E-state index is 14.1. The zero-order valence-corrected chi connectivity index (χ0v) is 24.8. The monoisotopic (exact) mass is 585 g/mol. The summed E-state index contributed by atoms with van der Waals surface area (Å²) >= 11 is 6.24. The van der Waals surface area contributed by atoms with Gasteiger partial charge in [0.05, 0.1) is 19.1 Å². The van der Waals surface area contributed by atoms with E-state index in [1.165, 1.54) is 12.0 Å². The number of rotatable bonds is 13. The molecule has 0 fully saturated rings. The number of carbonyl (C=O) groups excluding carboxylic acids is 2. The fraction of sp³-hybridized carbons (Fsp3) is 0.333. The van der Waals surface area contributed by atoms with Gasteiger partial charge in [0, 0.05) is 24.5 Å². The van der Waals surface area contributed by atoms with Crippen LogP contribution in [0, 0.1) is 5.92 Å². The minimum atomic E-state index is -3.90. The number of benzene rings is 3. The smallest absolute Gasteiger partial charge is 0.244 e. The van der Waals surface area contributed by atoms with Crippen molar-refractivity contribution < 1.29 is 22.7 Å². The van der Waals surface area contributed by atoms with Gasteiger partial charge in [-0.2, -0.15) is 0 Å². The summed E-state index contributed by atoms with van der Waals surface area (Å²) in [7, 11) is -2.47. The molecule has 0 aliphatic carbocycles. The Balaban J connectivity index is 2.07. The highest BCUT2D eigenvalue weighted by molar-refractivity contribution is 7.92. The molecule has 1 N–H and O–H groups in total. The third-order valence-electron chi connectivity index (χ3n) is 6.23. The number of para-hydroxylation sites is 2. The SMILES string of the molecule is COc1ccccc1N(CC(=O)N(Cc1cccc(Cl)c1)[C@@H](Cc1ccccc1)C(=O)NCC(C)C)S(C)(=O)=O. The first-order valence-corrected chi connectivity index (χ1v) is 15.2. The predicted octanol–water partition coefficient (Wildman–Crippen LogP) is 4.53. The molecule has 0 saturated carbocycles. The number of hydrogen-bond acceptors (Lipinski definition) is 5. The number of carbonyl (C=O) groups is 2. The summed E-state index contributed by atoms with van der Waals surface area (Å²) in [6, 6.07) is 22.1. The summed E-state index contributed by atoms with van der Waals surface area (Å²) in [5, 5.41) is 3.44. The van der Waals surface area contributed by atoms with Gasteiger partial charge in [-0.1, -0.05) is 80.0 Å². The average molecular weight is 586 g/mol. The van der Waals surface area contributed by atoms with Crippen LogP contribution < -0.4 is 14.4 Å². The lowest BCUT2D eigenvalue weighted by molar-refractivity contribution is -0.140. The Morgan fingerprint density at radius 3 is 2.23 bits per heavy atom. The fourth-order valence-electron chi connectivity index (χ4n) is 4.24. The highest BCUT2D eigenvalue weighted by atomic mass is 35.5. The van der Waals surface area contributed by atoms with E-state index < -0.39 is 28.5 Å². The summed E-state index contributed by atoms with van der Waals surface area (Å²) in [6.45, 7) is 3.93. The molecule has 0 aromatic heterocycles. The second kappa shape index (κ2) is 14.2. The molecular weight excluding hydrogens is 550 g/mol. The van der Waals surface area contributed by atoms with Crippen molar-refractivity contribution in [2.75, 3.05) is 30.8 Å². The Morgan fingerprint density at radius 2 is 1.60 bits per heavy atom. The number of hydrogen-bond donors (Lipinski definition) is 1. The molecular formula is C30H36ClN3O5S. The van der Waals surface area contributed by atoms with Gasteiger partial charge >= 0.3 is 0 Å². The number of amides is 2. The van der Waals surface area contributed by atoms with Crippen LogP contribution in [-0.2, 0) is 32.6 Å². The Morgan fingerprint density at radius 1 is 0.950 bits per heavy atom. The number of anilines is 1. The van der Waals surface area contributed by atoms with Gasteiger partial charge in [0.15, 0.2) is 0 Å². The van der Waals surface area contributed by atoms with Crippen molar-refractivity contribution in [1.82, 2.24) is 10.2 Å². The van der Waals surface area contributed by atoms with E-state index in [1.54, 1.807) is 42.5 Å². The fourth-order valence-corrected chi connectivity index (χ4v) is 5.31. The van der Waals surface area contributed by atoms with Gasteiger partial charge in [0.25, 0.3) is 0 Å². The Hall–Kier alpha value is -3.56. The van der Waals surface area contributed by atoms with Crippen LogP contribution in [0.25, 0.3) is 0 Å². The molecule has 3 rings (SSSR count). The van der Waals surface area contributed by atoms with E-state index in [0.29, 0.717) is 22.9 Å². The molecule has 2 amide bonds. The zero-order chi connectivity index (χ0) is 29.3. The van der Waals surface area contributed by atoms with E-state index in [1.807, 2.05) is 50.2 Å². The zero-order valence-electron chi connectivity index (χ0n) is 23.2. The first-order chi connectivity index (χ1) is 19.0. The molecule has 0 radical (unpaired) electrons. The minimum Gasteiger partial charge on any atom is -0.495 e. The quantitative estimate of drug-likeness (QED) is 0.318. The van der Waals surface area contributed by atoms with Crippen molar-refractivity contribution in [2.24, 2.45) is 5.92 Å². The van der Waals surface area contributed by atoms with E-state index in [-0.39, 0.29) is 30.5 Å². The van der Waals surface area contributed by atoms with Crippen LogP contribution in [-0.4, -0.2) is 57.6 Å². The first kappa shape index (κ1) is 31.0. The van der Waals surface area contributed by atoms with E-state index in [9.17, 15) is 18.0 Å². The van der Waals surface area contributed by atoms with Gasteiger partial charge in [0.1, 0.15) is 18.3 Å². The third kappa shape index (κ3) is 8.72. The van der Waals surface area contributed by atoms with Gasteiger partial charge in [-0.3, -0.25) is 13.9 Å². The van der Waals surface area contributed by atoms with Crippen molar-refractivity contribution in [2.45, 2.75) is 32.9 Å². The van der Waals surface area contributed by atoms with Crippen LogP contribution >= 0.6 is 11.6 Å². The topological polar surface area (TPSA) is 96.0 Å². The summed E-state index contributed by atoms with van der Waals surface area (Å²) in [6.07, 6.45) is 1.27. The molecule has 1 atom stereocenters. The number of nitrogens with zero attached hydrogens (tertiary/aromatic N) is 2. The van der Waals surface area contributed by atoms with Crippen LogP contribution in [0.2, 0.25) is 5.02 Å². The van der Waals surface area contributed by atoms with Gasteiger partial charge in [0.2, 0.25) is 21.8 Å². The molecule has 8 nitrogen and oxygen atoms in total. The Bertz CT molecular complexity index is 1400. The molecule has 214 valence electrons. The molecule has 0 aliphatic heterocycles. The predicted molar refractivity (Wildman–Crippen MR) is 159 cm³/mol. The summed E-state index contributed by atoms with van der Waals surface area (Å²) in [5.74, 6) is -0.365. The highest BCUT2D eigenvalue weighted by Crippen LogP contribution is 2.30. The maximum Gasteiger partial charge on any atom is 0.244 e. The van der Waals surface area contributed by atoms with Crippen LogP contribution in [0.4, 0.5) is 5.69 Å². The van der Waals surface area contributed by atoms with Crippen molar-refractivity contribution in [1.29, 1.82) is 0 Å². The van der Waals surface area contributed by atoms with Gasteiger partial charge in [-0.25, -0.2) is 8.42 Å². The van der Waals surface area contributed by atoms with Crippen molar-refractivity contribution in [3.05, 3.63) is 95.0 Å². The third-order valence-corrected chi connectivity index (χ3v) is 7.59. The number of methoxy groups -OCH3 is 1. The lowest BCUT2D eigenvalue weighted by Crippen LogP contribution is -2.53. The second-order valence-corrected chi connectivity index (χ2v) is 12.3. The summed E-state index contributed by atoms with van der Waals surface area (Å²) in [5.41, 5.74) is 1.80. The van der Waals surface area contributed by atoms with E-state index in [0.717, 1.165) is 16.1 Å². The first-order valence-electron chi connectivity index (χ1n) is 13.0. The van der Waals surface area contributed by atoms with Crippen LogP contribution in [0.1, 0.15) is 25.0 Å². The molecule has 0 bridgehead atoms. The van der Waals surface area contributed by atoms with Gasteiger partial charge in [-0.15, -0.1) is 0 Å². The second-order valence-electron chi connectivity index (χ2n) is 9.94. The molecule has 3 aromatic rings. The molecule has 0 spiro atoms. The summed E-state index contributed by atoms with van der Waals surface area (Å²) in [4.78, 5) is 29.2. The number of ether oxygens (including phenoxy) is 1. The molecule has 3 aromatic carbocycles. The molecule has 0 unspecified atom stereocenters. The standard InChI is InChI=1S/C30H36ClN3O5S/c1-22(2)19-32-30(36)27(18-23-11-6-5-7-12-23)33(20-24-13-10-14-25(31)17-24)29(35)21-34(40(4,37)38)26-15-8-9-16-28(26)39-3/h5-17,22,27H,18-21H2,1-4H3,(H,32,36)/t27-/m0/s1. The van der Waals surface area contributed by atoms with Gasteiger partial charge in [-0.05, 0) is 41.3 Å². The number of nitrogens with one attached hydrogen (secondary N) is 1. The molecule has 0 heterocycles. The number of halogens is 1. The van der Waals surface area contributed by atoms with Crippen molar-refractivity contribution in [3.63, 3.8) is 0 Å². The van der Waals surface area contributed by atoms with Crippen LogP contribution in [0.15, 0.2) is 78.9 Å². The average Bonchev–Trinajstić information content (AvgIpc) is 2.92. The Kier molecular flexibility index (Phi) is 11.0. The normalized spacial score (nSPS) is 12.1. The van der Waals surface area contributed by atoms with E-state index in [2.05, 4.69) is 5.32 Å². The lowest BCUT2D eigenvalue weighted by atomic mass is 10.0. The van der Waals surface area contributed by atoms with Crippen molar-refractivity contribution >= 4 is 39.1 Å². The highest BCUT2D eigenvalue weighted by Gasteiger charge is 2.33. The van der Waals surface area contributed by atoms with E-state index in [4.69, 9.17) is 16.3 Å². The molecule has 40 heavy (non-hydrogen) atoms. The van der Waals surface area contributed by atoms with Gasteiger partial charge < -0.3 is 15.0 Å². The Labute approximate surface area is 241 Å². The van der Waals surface area contributed by atoms with Crippen molar-refractivity contribution in [3.8, 4) is 5.75 Å². The summed E-state index contributed by atoms with van der Waals surface area (Å²) < 4.78 is 32.3. The molecule has 0 aliphatic rings. The largest absolute Gasteiger partial charge is 0.495 e. The molecule has 0 saturated heterocycles. The lowest BCUT2D eigenvalue weighted by Gasteiger charge is -2.34. The van der Waals surface area contributed by atoms with Crippen LogP contribution in [0.5, 0.6) is 5.75 Å². The van der Waals surface area contributed by atoms with E-state index >= 15 is 0 Å². The maximum atomic E-state index is 14.1. The number of sulfonamides is 1.